The summed E-state index contributed by atoms with van der Waals surface area (Å²) in [5.74, 6) is 0.0705. The molecular weight excluding hydrogens is 266 g/mol. The van der Waals surface area contributed by atoms with Gasteiger partial charge < -0.3 is 5.11 Å². The van der Waals surface area contributed by atoms with Gasteiger partial charge in [-0.2, -0.15) is 0 Å². The summed E-state index contributed by atoms with van der Waals surface area (Å²) >= 11 is 6.10. The number of hydrogen-bond donors (Lipinski definition) is 1. The van der Waals surface area contributed by atoms with Crippen molar-refractivity contribution in [1.29, 1.82) is 0 Å². The maximum absolute atomic E-state index is 11.0. The van der Waals surface area contributed by atoms with Crippen LogP contribution >= 0.6 is 11.6 Å². The van der Waals surface area contributed by atoms with E-state index >= 15 is 0 Å². The Hall–Kier alpha value is -1.13. The van der Waals surface area contributed by atoms with Gasteiger partial charge in [0, 0.05) is 11.6 Å². The molecule has 1 aliphatic carbocycles. The lowest BCUT2D eigenvalue weighted by Gasteiger charge is -2.20. The Morgan fingerprint density at radius 1 is 1.32 bits per heavy atom. The molecule has 1 fully saturated rings. The number of halogens is 1. The molecule has 19 heavy (non-hydrogen) atoms. The van der Waals surface area contributed by atoms with Crippen molar-refractivity contribution < 1.29 is 10.0 Å². The van der Waals surface area contributed by atoms with Crippen LogP contribution in [-0.4, -0.2) is 16.1 Å². The molecule has 0 bridgehead atoms. The zero-order valence-electron chi connectivity index (χ0n) is 10.7. The van der Waals surface area contributed by atoms with E-state index in [4.69, 9.17) is 11.6 Å². The van der Waals surface area contributed by atoms with Crippen LogP contribution in [0.1, 0.15) is 37.7 Å². The maximum Gasteiger partial charge on any atom is 0.274 e. The highest BCUT2D eigenvalue weighted by atomic mass is 35.5. The summed E-state index contributed by atoms with van der Waals surface area (Å²) in [4.78, 5) is 10.7. The molecular formula is C14H18ClNO3. The largest absolute Gasteiger partial charge is 0.393 e. The molecule has 2 unspecified atom stereocenters. The van der Waals surface area contributed by atoms with Gasteiger partial charge in [0.05, 0.1) is 16.0 Å². The fourth-order valence-electron chi connectivity index (χ4n) is 2.79. The molecule has 104 valence electrons. The third kappa shape index (κ3) is 3.45. The van der Waals surface area contributed by atoms with Gasteiger partial charge in [-0.25, -0.2) is 0 Å². The molecule has 1 N–H and O–H groups in total. The minimum atomic E-state index is -0.399. The lowest BCUT2D eigenvalue weighted by Crippen LogP contribution is -2.21. The quantitative estimate of drug-likeness (QED) is 0.522. The smallest absolute Gasteiger partial charge is 0.274 e. The van der Waals surface area contributed by atoms with E-state index in [2.05, 4.69) is 0 Å². The number of nitro groups is 1. The summed E-state index contributed by atoms with van der Waals surface area (Å²) in [5.41, 5.74) is 0.615. The summed E-state index contributed by atoms with van der Waals surface area (Å²) in [6.45, 7) is 0. The molecule has 0 spiro atoms. The van der Waals surface area contributed by atoms with Crippen molar-refractivity contribution >= 4 is 17.3 Å². The van der Waals surface area contributed by atoms with Crippen molar-refractivity contribution in [2.45, 2.75) is 44.6 Å². The van der Waals surface area contributed by atoms with Crippen LogP contribution in [0.15, 0.2) is 18.2 Å². The first kappa shape index (κ1) is 14.3. The fourth-order valence-corrected chi connectivity index (χ4v) is 3.03. The van der Waals surface area contributed by atoms with Crippen molar-refractivity contribution in [1.82, 2.24) is 0 Å². The molecule has 2 atom stereocenters. The number of nitrogens with zero attached hydrogens (tertiary/aromatic N) is 1. The van der Waals surface area contributed by atoms with Crippen LogP contribution in [0.25, 0.3) is 0 Å². The molecule has 1 aromatic carbocycles. The number of aliphatic hydroxyl groups is 1. The third-order valence-electron chi connectivity index (χ3n) is 3.88. The highest BCUT2D eigenvalue weighted by molar-refractivity contribution is 6.31. The van der Waals surface area contributed by atoms with E-state index in [1.54, 1.807) is 12.1 Å². The van der Waals surface area contributed by atoms with Crippen molar-refractivity contribution in [2.24, 2.45) is 5.92 Å². The normalized spacial score (nSPS) is 23.9. The van der Waals surface area contributed by atoms with E-state index in [0.29, 0.717) is 17.0 Å². The van der Waals surface area contributed by atoms with E-state index in [0.717, 1.165) is 32.1 Å². The van der Waals surface area contributed by atoms with Gasteiger partial charge in [-0.3, -0.25) is 10.1 Å². The molecule has 0 saturated heterocycles. The van der Waals surface area contributed by atoms with Crippen LogP contribution in [0.3, 0.4) is 0 Å². The number of hydrogen-bond acceptors (Lipinski definition) is 3. The summed E-state index contributed by atoms with van der Waals surface area (Å²) < 4.78 is 0. The Morgan fingerprint density at radius 2 is 2.05 bits per heavy atom. The maximum atomic E-state index is 11.0. The molecule has 0 radical (unpaired) electrons. The predicted molar refractivity (Wildman–Crippen MR) is 74.4 cm³/mol. The molecule has 4 nitrogen and oxygen atoms in total. The monoisotopic (exact) mass is 283 g/mol. The molecule has 0 aliphatic heterocycles. The van der Waals surface area contributed by atoms with Gasteiger partial charge in [0.1, 0.15) is 0 Å². The van der Waals surface area contributed by atoms with Crippen molar-refractivity contribution in [2.75, 3.05) is 0 Å². The van der Waals surface area contributed by atoms with Gasteiger partial charge in [-0.15, -0.1) is 0 Å². The predicted octanol–water partition coefficient (Wildman–Crippen LogP) is 3.73. The van der Waals surface area contributed by atoms with Crippen LogP contribution < -0.4 is 0 Å². The van der Waals surface area contributed by atoms with E-state index in [1.165, 1.54) is 6.07 Å². The molecule has 2 rings (SSSR count). The van der Waals surface area contributed by atoms with Gasteiger partial charge in [-0.05, 0) is 31.2 Å². The lowest BCUT2D eigenvalue weighted by atomic mass is 9.89. The molecule has 0 amide bonds. The summed E-state index contributed by atoms with van der Waals surface area (Å²) in [7, 11) is 0. The van der Waals surface area contributed by atoms with E-state index in [1.807, 2.05) is 0 Å². The highest BCUT2D eigenvalue weighted by Crippen LogP contribution is 2.33. The van der Waals surface area contributed by atoms with Crippen LogP contribution in [0.4, 0.5) is 5.69 Å². The Balaban J connectivity index is 2.24. The first-order chi connectivity index (χ1) is 9.09. The second-order valence-corrected chi connectivity index (χ2v) is 5.57. The molecule has 0 aromatic heterocycles. The first-order valence-electron chi connectivity index (χ1n) is 6.69. The SMILES string of the molecule is O=[N+]([O-])c1cccc(Cl)c1CC1CCCCCC1O. The van der Waals surface area contributed by atoms with Gasteiger partial charge in [0.2, 0.25) is 0 Å². The second kappa shape index (κ2) is 6.35. The van der Waals surface area contributed by atoms with Crippen LogP contribution in [0.2, 0.25) is 5.02 Å². The van der Waals surface area contributed by atoms with E-state index < -0.39 is 4.92 Å². The minimum absolute atomic E-state index is 0.0592. The summed E-state index contributed by atoms with van der Waals surface area (Å²) in [5, 5.41) is 21.6. The second-order valence-electron chi connectivity index (χ2n) is 5.16. The number of benzene rings is 1. The van der Waals surface area contributed by atoms with Crippen molar-refractivity contribution in [3.8, 4) is 0 Å². The number of aliphatic hydroxyl groups excluding tert-OH is 1. The molecule has 1 aromatic rings. The highest BCUT2D eigenvalue weighted by Gasteiger charge is 2.26. The molecule has 1 saturated carbocycles. The van der Waals surface area contributed by atoms with E-state index in [9.17, 15) is 15.2 Å². The van der Waals surface area contributed by atoms with Crippen molar-refractivity contribution in [3.63, 3.8) is 0 Å². The zero-order chi connectivity index (χ0) is 13.8. The van der Waals surface area contributed by atoms with E-state index in [-0.39, 0.29) is 17.7 Å². The Bertz CT molecular complexity index is 464. The lowest BCUT2D eigenvalue weighted by molar-refractivity contribution is -0.385. The van der Waals surface area contributed by atoms with Crippen molar-refractivity contribution in [3.05, 3.63) is 38.9 Å². The van der Waals surface area contributed by atoms with Crippen LogP contribution in [-0.2, 0) is 6.42 Å². The van der Waals surface area contributed by atoms with Gasteiger partial charge in [-0.1, -0.05) is 36.9 Å². The molecule has 0 heterocycles. The first-order valence-corrected chi connectivity index (χ1v) is 7.07. The fraction of sp³-hybridized carbons (Fsp3) is 0.571. The van der Waals surface area contributed by atoms with Crippen LogP contribution in [0.5, 0.6) is 0 Å². The summed E-state index contributed by atoms with van der Waals surface area (Å²) in [6.07, 6.45) is 5.02. The van der Waals surface area contributed by atoms with Gasteiger partial charge in [0.15, 0.2) is 0 Å². The van der Waals surface area contributed by atoms with Crippen LogP contribution in [0, 0.1) is 16.0 Å². The number of nitro benzene ring substituents is 1. The topological polar surface area (TPSA) is 63.4 Å². The average Bonchev–Trinajstić information content (AvgIpc) is 2.57. The number of rotatable bonds is 3. The summed E-state index contributed by atoms with van der Waals surface area (Å²) in [6, 6.07) is 4.74. The third-order valence-corrected chi connectivity index (χ3v) is 4.23. The van der Waals surface area contributed by atoms with Gasteiger partial charge >= 0.3 is 0 Å². The average molecular weight is 284 g/mol. The van der Waals surface area contributed by atoms with Gasteiger partial charge in [0.25, 0.3) is 5.69 Å². The standard InChI is InChI=1S/C14H18ClNO3/c15-12-6-4-7-13(16(18)19)11(12)9-10-5-2-1-3-8-14(10)17/h4,6-7,10,14,17H,1-3,5,8-9H2. The molecule has 5 heteroatoms. The Morgan fingerprint density at radius 3 is 2.79 bits per heavy atom. The minimum Gasteiger partial charge on any atom is -0.393 e. The Labute approximate surface area is 117 Å². The zero-order valence-corrected chi connectivity index (χ0v) is 11.5. The molecule has 1 aliphatic rings. The Kier molecular flexibility index (Phi) is 4.77.